The Bertz CT molecular complexity index is 603. The van der Waals surface area contributed by atoms with E-state index in [-0.39, 0.29) is 11.8 Å². The summed E-state index contributed by atoms with van der Waals surface area (Å²) in [5.41, 5.74) is 0.651. The van der Waals surface area contributed by atoms with Crippen molar-refractivity contribution < 1.29 is 19.1 Å². The molecule has 1 aromatic carbocycles. The van der Waals surface area contributed by atoms with Crippen LogP contribution in [0.4, 0.5) is 0 Å². The predicted molar refractivity (Wildman–Crippen MR) is 96.9 cm³/mol. The summed E-state index contributed by atoms with van der Waals surface area (Å²) in [6.45, 7) is 8.01. The first-order valence-corrected chi connectivity index (χ1v) is 8.51. The van der Waals surface area contributed by atoms with Gasteiger partial charge < -0.3 is 9.47 Å². The second-order valence-corrected chi connectivity index (χ2v) is 6.47. The summed E-state index contributed by atoms with van der Waals surface area (Å²) >= 11 is 0. The summed E-state index contributed by atoms with van der Waals surface area (Å²) < 4.78 is 9.75. The van der Waals surface area contributed by atoms with Crippen LogP contribution >= 0.6 is 0 Å². The molecule has 1 saturated carbocycles. The Balaban J connectivity index is 2.58. The van der Waals surface area contributed by atoms with Crippen molar-refractivity contribution in [2.24, 2.45) is 17.8 Å². The van der Waals surface area contributed by atoms with Gasteiger partial charge in [0.25, 0.3) is 0 Å². The van der Waals surface area contributed by atoms with Crippen LogP contribution in [0.25, 0.3) is 0 Å². The molecule has 0 heterocycles. The molecule has 0 spiro atoms. The fourth-order valence-corrected chi connectivity index (χ4v) is 4.29. The highest BCUT2D eigenvalue weighted by molar-refractivity contribution is 5.95. The molecule has 1 aliphatic carbocycles. The number of allylic oxidation sites excluding steroid dienone is 2. The molecule has 0 saturated heterocycles. The van der Waals surface area contributed by atoms with Gasteiger partial charge in [0, 0.05) is 5.41 Å². The first-order valence-electron chi connectivity index (χ1n) is 8.51. The Kier molecular flexibility index (Phi) is 6.18. The second-order valence-electron chi connectivity index (χ2n) is 6.47. The van der Waals surface area contributed by atoms with Crippen molar-refractivity contribution in [1.82, 2.24) is 0 Å². The van der Waals surface area contributed by atoms with Crippen molar-refractivity contribution in [3.8, 4) is 0 Å². The Labute approximate surface area is 149 Å². The molecule has 4 nitrogen and oxygen atoms in total. The van der Waals surface area contributed by atoms with Crippen molar-refractivity contribution in [3.05, 3.63) is 61.2 Å². The lowest BCUT2D eigenvalue weighted by Gasteiger charge is -2.40. The number of methoxy groups -OCH3 is 2. The van der Waals surface area contributed by atoms with Gasteiger partial charge in [0.2, 0.25) is 0 Å². The van der Waals surface area contributed by atoms with Crippen LogP contribution in [0.15, 0.2) is 55.6 Å². The van der Waals surface area contributed by atoms with E-state index in [0.717, 1.165) is 18.4 Å². The highest BCUT2D eigenvalue weighted by Crippen LogP contribution is 2.54. The van der Waals surface area contributed by atoms with Crippen LogP contribution in [-0.4, -0.2) is 26.2 Å². The van der Waals surface area contributed by atoms with E-state index in [4.69, 9.17) is 9.47 Å². The van der Waals surface area contributed by atoms with E-state index in [0.29, 0.717) is 6.42 Å². The maximum absolute atomic E-state index is 12.3. The summed E-state index contributed by atoms with van der Waals surface area (Å²) in [5.74, 6) is -1.85. The molecule has 0 unspecified atom stereocenters. The topological polar surface area (TPSA) is 52.6 Å². The fourth-order valence-electron chi connectivity index (χ4n) is 4.29. The van der Waals surface area contributed by atoms with E-state index in [1.807, 2.05) is 42.5 Å². The van der Waals surface area contributed by atoms with E-state index in [2.05, 4.69) is 13.2 Å². The number of hydrogen-bond acceptors (Lipinski definition) is 4. The van der Waals surface area contributed by atoms with Gasteiger partial charge in [-0.1, -0.05) is 42.5 Å². The number of rotatable bonds is 7. The maximum Gasteiger partial charge on any atom is 0.320 e. The minimum Gasteiger partial charge on any atom is -0.468 e. The molecule has 0 bridgehead atoms. The van der Waals surface area contributed by atoms with Gasteiger partial charge in [-0.05, 0) is 36.7 Å². The molecule has 0 N–H and O–H groups in total. The van der Waals surface area contributed by atoms with Crippen molar-refractivity contribution in [3.63, 3.8) is 0 Å². The summed E-state index contributed by atoms with van der Waals surface area (Å²) in [4.78, 5) is 24.6. The van der Waals surface area contributed by atoms with Gasteiger partial charge in [0.1, 0.15) is 0 Å². The Hall–Kier alpha value is -2.36. The Morgan fingerprint density at radius 3 is 1.96 bits per heavy atom. The summed E-state index contributed by atoms with van der Waals surface area (Å²) in [6, 6.07) is 9.99. The van der Waals surface area contributed by atoms with Crippen molar-refractivity contribution in [1.29, 1.82) is 0 Å². The van der Waals surface area contributed by atoms with Crippen LogP contribution in [0, 0.1) is 17.8 Å². The van der Waals surface area contributed by atoms with Crippen LogP contribution in [0.3, 0.4) is 0 Å². The molecule has 2 rings (SSSR count). The molecule has 0 radical (unpaired) electrons. The average molecular weight is 342 g/mol. The molecule has 0 aromatic heterocycles. The molecule has 1 aliphatic rings. The lowest BCUT2D eigenvalue weighted by atomic mass is 9.62. The predicted octanol–water partition coefficient (Wildman–Crippen LogP) is 3.67. The van der Waals surface area contributed by atoms with Gasteiger partial charge in [-0.25, -0.2) is 0 Å². The number of ether oxygens (including phenoxy) is 2. The third-order valence-corrected chi connectivity index (χ3v) is 5.51. The monoisotopic (exact) mass is 342 g/mol. The van der Waals surface area contributed by atoms with E-state index in [9.17, 15) is 9.59 Å². The first kappa shape index (κ1) is 19.0. The molecular formula is C21H26O4. The lowest BCUT2D eigenvalue weighted by molar-refractivity contribution is -0.160. The van der Waals surface area contributed by atoms with Gasteiger partial charge in [-0.2, -0.15) is 0 Å². The third-order valence-electron chi connectivity index (χ3n) is 5.51. The molecule has 4 heteroatoms. The molecule has 1 aromatic rings. The zero-order valence-corrected chi connectivity index (χ0v) is 14.9. The van der Waals surface area contributed by atoms with Gasteiger partial charge in [-0.3, -0.25) is 9.59 Å². The van der Waals surface area contributed by atoms with Crippen LogP contribution in [-0.2, 0) is 24.5 Å². The van der Waals surface area contributed by atoms with E-state index in [1.165, 1.54) is 14.2 Å². The summed E-state index contributed by atoms with van der Waals surface area (Å²) in [6.07, 6.45) is 6.04. The van der Waals surface area contributed by atoms with Crippen molar-refractivity contribution >= 4 is 11.9 Å². The zero-order valence-electron chi connectivity index (χ0n) is 14.9. The van der Waals surface area contributed by atoms with Gasteiger partial charge >= 0.3 is 11.9 Å². The molecule has 25 heavy (non-hydrogen) atoms. The minimum absolute atomic E-state index is 0.134. The second kappa shape index (κ2) is 8.15. The van der Waals surface area contributed by atoms with Crippen molar-refractivity contribution in [2.45, 2.75) is 24.7 Å². The average Bonchev–Trinajstić information content (AvgIpc) is 3.03. The molecule has 2 atom stereocenters. The van der Waals surface area contributed by atoms with Crippen LogP contribution in [0.5, 0.6) is 0 Å². The van der Waals surface area contributed by atoms with Crippen LogP contribution in [0.1, 0.15) is 24.8 Å². The summed E-state index contributed by atoms with van der Waals surface area (Å²) in [5, 5.41) is 0. The van der Waals surface area contributed by atoms with Crippen molar-refractivity contribution in [2.75, 3.05) is 14.2 Å². The minimum atomic E-state index is -0.974. The molecule has 1 fully saturated rings. The highest BCUT2D eigenvalue weighted by Gasteiger charge is 2.52. The van der Waals surface area contributed by atoms with Gasteiger partial charge in [-0.15, -0.1) is 13.2 Å². The summed E-state index contributed by atoms with van der Waals surface area (Å²) in [7, 11) is 2.58. The number of hydrogen-bond donors (Lipinski definition) is 0. The number of carbonyl (C=O) groups is 2. The first-order chi connectivity index (χ1) is 12.0. The van der Waals surface area contributed by atoms with E-state index >= 15 is 0 Å². The quantitative estimate of drug-likeness (QED) is 0.431. The van der Waals surface area contributed by atoms with Gasteiger partial charge in [0.15, 0.2) is 5.92 Å². The zero-order chi connectivity index (χ0) is 18.4. The van der Waals surface area contributed by atoms with E-state index < -0.39 is 23.3 Å². The fraction of sp³-hybridized carbons (Fsp3) is 0.429. The van der Waals surface area contributed by atoms with E-state index in [1.54, 1.807) is 0 Å². The van der Waals surface area contributed by atoms with Crippen LogP contribution < -0.4 is 0 Å². The Morgan fingerprint density at radius 1 is 1.08 bits per heavy atom. The molecule has 0 aliphatic heterocycles. The third kappa shape index (κ3) is 3.39. The van der Waals surface area contributed by atoms with Crippen LogP contribution in [0.2, 0.25) is 0 Å². The maximum atomic E-state index is 12.3. The largest absolute Gasteiger partial charge is 0.468 e. The smallest absolute Gasteiger partial charge is 0.320 e. The SMILES string of the molecule is C=C[C@@H]1CC[C@@H](C=C)C1(CC(C(=O)OC)C(=O)OC)c1ccccc1. The lowest BCUT2D eigenvalue weighted by Crippen LogP contribution is -2.42. The van der Waals surface area contributed by atoms with Gasteiger partial charge in [0.05, 0.1) is 14.2 Å². The highest BCUT2D eigenvalue weighted by atomic mass is 16.5. The molecular weight excluding hydrogens is 316 g/mol. The Morgan fingerprint density at radius 2 is 1.56 bits per heavy atom. The molecule has 134 valence electrons. The number of esters is 2. The number of carbonyl (C=O) groups excluding carboxylic acids is 2. The standard InChI is InChI=1S/C21H26O4/c1-5-15-12-13-16(6-2)21(15,17-10-8-7-9-11-17)14-18(19(22)24-3)20(23)25-4/h5-11,15-16,18H,1-2,12-14H2,3-4H3/t15-,16-/m1/s1. The normalized spacial score (nSPS) is 21.6. The molecule has 0 amide bonds. The number of benzene rings is 1.